The average Bonchev–Trinajstić information content (AvgIpc) is 2.86. The van der Waals surface area contributed by atoms with Crippen molar-refractivity contribution >= 4 is 28.8 Å². The lowest BCUT2D eigenvalue weighted by molar-refractivity contribution is -0.268. The van der Waals surface area contributed by atoms with Crippen molar-refractivity contribution < 1.29 is 34.1 Å². The second kappa shape index (κ2) is 10.5. The Kier molecular flexibility index (Phi) is 7.21. The lowest BCUT2D eigenvalue weighted by Crippen LogP contribution is -2.40. The fraction of sp³-hybridized carbons (Fsp3) is 0.185. The van der Waals surface area contributed by atoms with E-state index in [1.807, 2.05) is 0 Å². The van der Waals surface area contributed by atoms with Gasteiger partial charge in [0.05, 0.1) is 5.56 Å². The molecule has 1 amide bonds. The van der Waals surface area contributed by atoms with Crippen molar-refractivity contribution in [2.45, 2.75) is 25.3 Å². The number of carbonyl (C=O) groups excluding carboxylic acids is 1. The number of hydrogen-bond donors (Lipinski definition) is 4. The van der Waals surface area contributed by atoms with Gasteiger partial charge in [0.1, 0.15) is 17.4 Å². The van der Waals surface area contributed by atoms with E-state index < -0.39 is 23.9 Å². The molecule has 0 fully saturated rings. The van der Waals surface area contributed by atoms with E-state index in [0.29, 0.717) is 35.9 Å². The van der Waals surface area contributed by atoms with E-state index in [1.165, 1.54) is 48.5 Å². The molecule has 0 saturated carbocycles. The van der Waals surface area contributed by atoms with Crippen LogP contribution in [0.2, 0.25) is 0 Å². The second-order valence-corrected chi connectivity index (χ2v) is 8.51. The van der Waals surface area contributed by atoms with Gasteiger partial charge in [-0.15, -0.1) is 5.75 Å². The van der Waals surface area contributed by atoms with Gasteiger partial charge in [-0.2, -0.15) is 0 Å². The van der Waals surface area contributed by atoms with Gasteiger partial charge in [0.2, 0.25) is 0 Å². The number of aromatic carboxylic acids is 1. The Morgan fingerprint density at radius 1 is 0.973 bits per heavy atom. The van der Waals surface area contributed by atoms with Crippen LogP contribution in [-0.2, 0) is 4.79 Å². The van der Waals surface area contributed by atoms with Crippen LogP contribution in [0, 0.1) is 0 Å². The van der Waals surface area contributed by atoms with E-state index in [1.54, 1.807) is 0 Å². The van der Waals surface area contributed by atoms with Crippen molar-refractivity contribution in [1.82, 2.24) is 5.32 Å². The highest BCUT2D eigenvalue weighted by Crippen LogP contribution is 2.41. The Balaban J connectivity index is 1.83. The number of amides is 1. The Morgan fingerprint density at radius 2 is 1.73 bits per heavy atom. The SMILES string of the molecule is NCCCCC(NC(=O)c1ccc(-c2c3ccc(=O)cc-3oc3cc([O-])ccc23)c(C(=O)O)c1)C(=O)O. The minimum atomic E-state index is -1.33. The lowest BCUT2D eigenvalue weighted by atomic mass is 9.89. The molecule has 1 aliphatic heterocycles. The third-order valence-electron chi connectivity index (χ3n) is 6.00. The highest BCUT2D eigenvalue weighted by atomic mass is 16.4. The summed E-state index contributed by atoms with van der Waals surface area (Å²) in [5, 5.41) is 34.3. The van der Waals surface area contributed by atoms with Gasteiger partial charge in [-0.25, -0.2) is 9.59 Å². The molecule has 1 unspecified atom stereocenters. The zero-order chi connectivity index (χ0) is 26.7. The first-order chi connectivity index (χ1) is 17.7. The summed E-state index contributed by atoms with van der Waals surface area (Å²) in [7, 11) is 0. The normalized spacial score (nSPS) is 11.9. The molecule has 10 heteroatoms. The number of benzene rings is 3. The van der Waals surface area contributed by atoms with Gasteiger partial charge in [0, 0.05) is 28.1 Å². The van der Waals surface area contributed by atoms with E-state index in [-0.39, 0.29) is 45.6 Å². The van der Waals surface area contributed by atoms with Gasteiger partial charge >= 0.3 is 11.9 Å². The van der Waals surface area contributed by atoms with Crippen LogP contribution in [0.5, 0.6) is 5.75 Å². The van der Waals surface area contributed by atoms with E-state index in [4.69, 9.17) is 10.2 Å². The molecule has 1 aliphatic carbocycles. The molecule has 190 valence electrons. The van der Waals surface area contributed by atoms with Crippen molar-refractivity contribution in [3.05, 3.63) is 75.9 Å². The van der Waals surface area contributed by atoms with Gasteiger partial charge in [-0.3, -0.25) is 9.59 Å². The third-order valence-corrected chi connectivity index (χ3v) is 6.00. The summed E-state index contributed by atoms with van der Waals surface area (Å²) in [6.45, 7) is 0.395. The first-order valence-electron chi connectivity index (χ1n) is 11.5. The number of aliphatic carboxylic acids is 1. The number of unbranched alkanes of at least 4 members (excludes halogenated alkanes) is 1. The maximum atomic E-state index is 12.8. The number of nitrogens with one attached hydrogen (secondary N) is 1. The number of carbonyl (C=O) groups is 3. The lowest BCUT2D eigenvalue weighted by Gasteiger charge is -2.19. The predicted octanol–water partition coefficient (Wildman–Crippen LogP) is 2.65. The Morgan fingerprint density at radius 3 is 2.43 bits per heavy atom. The Hall–Kier alpha value is -4.70. The van der Waals surface area contributed by atoms with Crippen LogP contribution in [0.1, 0.15) is 40.0 Å². The molecule has 1 atom stereocenters. The quantitative estimate of drug-likeness (QED) is 0.197. The van der Waals surface area contributed by atoms with Crippen LogP contribution in [0.4, 0.5) is 0 Å². The molecular weight excluding hydrogens is 480 g/mol. The van der Waals surface area contributed by atoms with Gasteiger partial charge < -0.3 is 30.8 Å². The summed E-state index contributed by atoms with van der Waals surface area (Å²) in [5.41, 5.74) is 6.10. The van der Waals surface area contributed by atoms with Crippen molar-refractivity contribution in [2.75, 3.05) is 6.54 Å². The van der Waals surface area contributed by atoms with Gasteiger partial charge in [-0.1, -0.05) is 18.2 Å². The first-order valence-corrected chi connectivity index (χ1v) is 11.5. The molecule has 10 nitrogen and oxygen atoms in total. The second-order valence-electron chi connectivity index (χ2n) is 8.51. The third kappa shape index (κ3) is 5.29. The summed E-state index contributed by atoms with van der Waals surface area (Å²) in [6.07, 6.45) is 1.28. The summed E-state index contributed by atoms with van der Waals surface area (Å²) < 4.78 is 5.76. The van der Waals surface area contributed by atoms with Gasteiger partial charge in [-0.05, 0) is 61.7 Å². The zero-order valence-corrected chi connectivity index (χ0v) is 19.5. The predicted molar refractivity (Wildman–Crippen MR) is 133 cm³/mol. The molecule has 5 N–H and O–H groups in total. The van der Waals surface area contributed by atoms with Crippen LogP contribution in [0.25, 0.3) is 33.4 Å². The molecule has 0 bridgehead atoms. The maximum absolute atomic E-state index is 12.8. The van der Waals surface area contributed by atoms with Crippen LogP contribution in [-0.4, -0.2) is 40.6 Å². The van der Waals surface area contributed by atoms with Crippen molar-refractivity contribution in [3.8, 4) is 28.2 Å². The van der Waals surface area contributed by atoms with Crippen LogP contribution in [0.3, 0.4) is 0 Å². The highest BCUT2D eigenvalue weighted by Gasteiger charge is 2.25. The van der Waals surface area contributed by atoms with Crippen molar-refractivity contribution in [2.24, 2.45) is 5.73 Å². The molecule has 37 heavy (non-hydrogen) atoms. The number of fused-ring (bicyclic) bond motifs is 2. The first kappa shape index (κ1) is 25.4. The minimum absolute atomic E-state index is 0.0378. The maximum Gasteiger partial charge on any atom is 0.336 e. The molecule has 0 aromatic heterocycles. The average molecular weight is 503 g/mol. The molecule has 2 aliphatic rings. The fourth-order valence-corrected chi connectivity index (χ4v) is 4.21. The summed E-state index contributed by atoms with van der Waals surface area (Å²) in [5.74, 6) is -3.43. The molecule has 0 radical (unpaired) electrons. The van der Waals surface area contributed by atoms with Crippen LogP contribution in [0.15, 0.2) is 63.8 Å². The van der Waals surface area contributed by atoms with E-state index in [2.05, 4.69) is 5.32 Å². The molecule has 0 saturated heterocycles. The monoisotopic (exact) mass is 503 g/mol. The molecule has 2 aromatic rings. The summed E-state index contributed by atoms with van der Waals surface area (Å²) in [6, 6.07) is 11.0. The van der Waals surface area contributed by atoms with E-state index >= 15 is 0 Å². The minimum Gasteiger partial charge on any atom is -0.872 e. The number of rotatable bonds is 9. The molecule has 2 aromatic carbocycles. The highest BCUT2D eigenvalue weighted by molar-refractivity contribution is 6.09. The molecule has 1 heterocycles. The summed E-state index contributed by atoms with van der Waals surface area (Å²) >= 11 is 0. The van der Waals surface area contributed by atoms with Crippen molar-refractivity contribution in [3.63, 3.8) is 0 Å². The van der Waals surface area contributed by atoms with Gasteiger partial charge in [0.15, 0.2) is 5.43 Å². The van der Waals surface area contributed by atoms with E-state index in [0.717, 1.165) is 6.07 Å². The number of nitrogens with two attached hydrogens (primary N) is 1. The fourth-order valence-electron chi connectivity index (χ4n) is 4.21. The molecular formula is C27H23N2O8-. The summed E-state index contributed by atoms with van der Waals surface area (Å²) in [4.78, 5) is 48.6. The van der Waals surface area contributed by atoms with Crippen LogP contribution < -0.4 is 21.6 Å². The molecule has 0 spiro atoms. The van der Waals surface area contributed by atoms with E-state index in [9.17, 15) is 34.5 Å². The topological polar surface area (TPSA) is 183 Å². The number of carboxylic acid groups (broad SMARTS) is 2. The smallest absolute Gasteiger partial charge is 0.336 e. The number of hydrogen-bond acceptors (Lipinski definition) is 7. The Labute approximate surface area is 210 Å². The zero-order valence-electron chi connectivity index (χ0n) is 19.5. The molecule has 4 rings (SSSR count). The Bertz CT molecular complexity index is 1540. The van der Waals surface area contributed by atoms with Crippen LogP contribution >= 0.6 is 0 Å². The number of carboxylic acids is 2. The largest absolute Gasteiger partial charge is 0.872 e. The van der Waals surface area contributed by atoms with Gasteiger partial charge in [0.25, 0.3) is 5.91 Å². The van der Waals surface area contributed by atoms with Crippen molar-refractivity contribution in [1.29, 1.82) is 0 Å². The standard InChI is InChI=1S/C27H24N2O8/c28-10-2-1-3-21(27(35)36)29-25(32)14-4-7-17(20(11-14)26(33)34)24-18-8-5-15(30)12-22(18)37-23-13-16(31)6-9-19(23)24/h4-9,11-13,21,30H,1-3,10,28H2,(H,29,32)(H,33,34)(H,35,36)/p-1.